The van der Waals surface area contributed by atoms with Crippen molar-refractivity contribution in [1.82, 2.24) is 5.32 Å². The molecule has 1 aromatic carbocycles. The number of rotatable bonds is 4. The molecule has 2 aromatic rings. The van der Waals surface area contributed by atoms with E-state index < -0.39 is 0 Å². The van der Waals surface area contributed by atoms with Gasteiger partial charge in [0.05, 0.1) is 0 Å². The molecule has 0 saturated carbocycles. The first-order chi connectivity index (χ1) is 6.95. The van der Waals surface area contributed by atoms with Crippen molar-refractivity contribution in [3.63, 3.8) is 0 Å². The van der Waals surface area contributed by atoms with Crippen molar-refractivity contribution in [2.24, 2.45) is 0 Å². The van der Waals surface area contributed by atoms with Crippen LogP contribution in [-0.2, 0) is 13.1 Å². The lowest BCUT2D eigenvalue weighted by Gasteiger charge is -2.02. The highest BCUT2D eigenvalue weighted by molar-refractivity contribution is 7.09. The Morgan fingerprint density at radius 1 is 0.933 bits per heavy atom. The van der Waals surface area contributed by atoms with Crippen molar-refractivity contribution in [2.45, 2.75) is 13.1 Å². The third-order valence-electron chi connectivity index (χ3n) is 2.05. The van der Waals surface area contributed by atoms with Crippen LogP contribution in [0.5, 0.6) is 0 Å². The van der Waals surface area contributed by atoms with Crippen molar-refractivity contribution in [2.75, 3.05) is 0 Å². The van der Waals surface area contributed by atoms with Gasteiger partial charge >= 0.3 is 0 Å². The predicted octanol–water partition coefficient (Wildman–Crippen LogP) is 3.46. The molecule has 15 heavy (non-hydrogen) atoms. The van der Waals surface area contributed by atoms with Crippen molar-refractivity contribution in [3.8, 4) is 0 Å². The van der Waals surface area contributed by atoms with Gasteiger partial charge in [-0.2, -0.15) is 0 Å². The Morgan fingerprint density at radius 2 is 1.73 bits per heavy atom. The molecule has 0 aliphatic carbocycles. The maximum atomic E-state index is 3.41. The number of halogens is 1. The van der Waals surface area contributed by atoms with Crippen LogP contribution < -0.4 is 5.32 Å². The predicted molar refractivity (Wildman–Crippen MR) is 68.6 cm³/mol. The molecule has 1 nitrogen and oxygen atoms in total. The summed E-state index contributed by atoms with van der Waals surface area (Å²) < 4.78 is 0. The van der Waals surface area contributed by atoms with Gasteiger partial charge in [-0.25, -0.2) is 0 Å². The average Bonchev–Trinajstić information content (AvgIpc) is 2.72. The van der Waals surface area contributed by atoms with Crippen LogP contribution in [-0.4, -0.2) is 0 Å². The first kappa shape index (κ1) is 12.2. The molecule has 1 heterocycles. The fourth-order valence-corrected chi connectivity index (χ4v) is 2.01. The van der Waals surface area contributed by atoms with Gasteiger partial charge in [-0.15, -0.1) is 23.7 Å². The van der Waals surface area contributed by atoms with E-state index in [0.717, 1.165) is 13.1 Å². The van der Waals surface area contributed by atoms with Crippen LogP contribution in [0.25, 0.3) is 0 Å². The fourth-order valence-electron chi connectivity index (χ4n) is 1.34. The van der Waals surface area contributed by atoms with E-state index in [1.54, 1.807) is 11.3 Å². The van der Waals surface area contributed by atoms with Crippen LogP contribution in [0.3, 0.4) is 0 Å². The van der Waals surface area contributed by atoms with Crippen LogP contribution in [0.4, 0.5) is 0 Å². The maximum absolute atomic E-state index is 3.41. The van der Waals surface area contributed by atoms with Gasteiger partial charge in [0.1, 0.15) is 0 Å². The van der Waals surface area contributed by atoms with Crippen LogP contribution in [0.1, 0.15) is 10.4 Å². The normalized spacial score (nSPS) is 9.60. The van der Waals surface area contributed by atoms with E-state index >= 15 is 0 Å². The lowest BCUT2D eigenvalue weighted by molar-refractivity contribution is 0.701. The van der Waals surface area contributed by atoms with E-state index in [-0.39, 0.29) is 12.4 Å². The summed E-state index contributed by atoms with van der Waals surface area (Å²) in [6.07, 6.45) is 0. The second kappa shape index (κ2) is 6.62. The number of hydrogen-bond donors (Lipinski definition) is 1. The van der Waals surface area contributed by atoms with E-state index in [0.29, 0.717) is 0 Å². The average molecular weight is 240 g/mol. The fraction of sp³-hybridized carbons (Fsp3) is 0.167. The zero-order valence-corrected chi connectivity index (χ0v) is 9.98. The van der Waals surface area contributed by atoms with Gasteiger partial charge in [0.2, 0.25) is 0 Å². The Balaban J connectivity index is 0.00000112. The summed E-state index contributed by atoms with van der Waals surface area (Å²) in [5, 5.41) is 5.53. The SMILES string of the molecule is Cl.c1ccc(CNCc2cccs2)cc1. The van der Waals surface area contributed by atoms with Gasteiger partial charge in [0.25, 0.3) is 0 Å². The zero-order chi connectivity index (χ0) is 9.64. The standard InChI is InChI=1S/C12H13NS.ClH/c1-2-5-11(6-3-1)9-13-10-12-7-4-8-14-12;/h1-8,13H,9-10H2;1H. The monoisotopic (exact) mass is 239 g/mol. The Kier molecular flexibility index (Phi) is 5.40. The molecule has 1 N–H and O–H groups in total. The highest BCUT2D eigenvalue weighted by Gasteiger charge is 1.93. The van der Waals surface area contributed by atoms with E-state index in [1.165, 1.54) is 10.4 Å². The summed E-state index contributed by atoms with van der Waals surface area (Å²) in [5.74, 6) is 0. The van der Waals surface area contributed by atoms with Crippen LogP contribution >= 0.6 is 23.7 Å². The first-order valence-corrected chi connectivity index (χ1v) is 5.60. The molecular weight excluding hydrogens is 226 g/mol. The van der Waals surface area contributed by atoms with E-state index in [4.69, 9.17) is 0 Å². The summed E-state index contributed by atoms with van der Waals surface area (Å²) in [6, 6.07) is 14.7. The molecule has 0 aliphatic heterocycles. The lowest BCUT2D eigenvalue weighted by atomic mass is 10.2. The van der Waals surface area contributed by atoms with Gasteiger partial charge in [0.15, 0.2) is 0 Å². The van der Waals surface area contributed by atoms with Crippen molar-refractivity contribution < 1.29 is 0 Å². The van der Waals surface area contributed by atoms with Crippen molar-refractivity contribution >= 4 is 23.7 Å². The third-order valence-corrected chi connectivity index (χ3v) is 2.93. The molecule has 3 heteroatoms. The minimum Gasteiger partial charge on any atom is -0.308 e. The number of benzene rings is 1. The largest absolute Gasteiger partial charge is 0.308 e. The van der Waals surface area contributed by atoms with Crippen LogP contribution in [0, 0.1) is 0 Å². The summed E-state index contributed by atoms with van der Waals surface area (Å²) >= 11 is 1.80. The molecule has 0 unspecified atom stereocenters. The summed E-state index contributed by atoms with van der Waals surface area (Å²) in [4.78, 5) is 1.39. The summed E-state index contributed by atoms with van der Waals surface area (Å²) in [5.41, 5.74) is 1.34. The number of thiophene rings is 1. The van der Waals surface area contributed by atoms with Gasteiger partial charge in [0, 0.05) is 18.0 Å². The van der Waals surface area contributed by atoms with Gasteiger partial charge < -0.3 is 5.32 Å². The highest BCUT2D eigenvalue weighted by Crippen LogP contribution is 2.07. The van der Waals surface area contributed by atoms with E-state index in [2.05, 4.69) is 47.1 Å². The Labute approximate surface area is 101 Å². The topological polar surface area (TPSA) is 12.0 Å². The number of hydrogen-bond acceptors (Lipinski definition) is 2. The second-order valence-corrected chi connectivity index (χ2v) is 4.20. The summed E-state index contributed by atoms with van der Waals surface area (Å²) in [6.45, 7) is 1.91. The molecule has 1 aromatic heterocycles. The smallest absolute Gasteiger partial charge is 0.0302 e. The Hall–Kier alpha value is -0.830. The lowest BCUT2D eigenvalue weighted by Crippen LogP contribution is -2.11. The highest BCUT2D eigenvalue weighted by atomic mass is 35.5. The molecule has 0 saturated heterocycles. The second-order valence-electron chi connectivity index (χ2n) is 3.17. The maximum Gasteiger partial charge on any atom is 0.0302 e. The van der Waals surface area contributed by atoms with Crippen molar-refractivity contribution in [3.05, 3.63) is 58.3 Å². The minimum atomic E-state index is 0. The van der Waals surface area contributed by atoms with Crippen LogP contribution in [0.15, 0.2) is 47.8 Å². The molecule has 0 bridgehead atoms. The van der Waals surface area contributed by atoms with Crippen molar-refractivity contribution in [1.29, 1.82) is 0 Å². The molecule has 0 fully saturated rings. The van der Waals surface area contributed by atoms with E-state index in [1.807, 2.05) is 6.07 Å². The molecule has 0 spiro atoms. The minimum absolute atomic E-state index is 0. The molecule has 80 valence electrons. The van der Waals surface area contributed by atoms with Gasteiger partial charge in [-0.05, 0) is 17.0 Å². The Bertz CT molecular complexity index is 358. The molecule has 0 atom stereocenters. The quantitative estimate of drug-likeness (QED) is 0.862. The zero-order valence-electron chi connectivity index (χ0n) is 8.35. The van der Waals surface area contributed by atoms with Gasteiger partial charge in [-0.1, -0.05) is 36.4 Å². The molecule has 2 rings (SSSR count). The number of nitrogens with one attached hydrogen (secondary N) is 1. The molecule has 0 amide bonds. The third kappa shape index (κ3) is 4.04. The summed E-state index contributed by atoms with van der Waals surface area (Å²) in [7, 11) is 0. The molecule has 0 radical (unpaired) electrons. The molecule has 0 aliphatic rings. The first-order valence-electron chi connectivity index (χ1n) is 4.72. The Morgan fingerprint density at radius 3 is 2.40 bits per heavy atom. The molecular formula is C12H14ClNS. The van der Waals surface area contributed by atoms with Gasteiger partial charge in [-0.3, -0.25) is 0 Å². The van der Waals surface area contributed by atoms with Crippen LogP contribution in [0.2, 0.25) is 0 Å². The van der Waals surface area contributed by atoms with E-state index in [9.17, 15) is 0 Å².